The quantitative estimate of drug-likeness (QED) is 0.516. The molecule has 0 amide bonds. The first-order valence-corrected chi connectivity index (χ1v) is 10.6. The summed E-state index contributed by atoms with van der Waals surface area (Å²) < 4.78 is 0. The van der Waals surface area contributed by atoms with Gasteiger partial charge in [-0.05, 0) is 5.92 Å². The highest BCUT2D eigenvalue weighted by molar-refractivity contribution is 7.03. The number of hydrogen-bond donors (Lipinski definition) is 0. The summed E-state index contributed by atoms with van der Waals surface area (Å²) in [5.74, 6) is 1.93. The molecule has 0 nitrogen and oxygen atoms in total. The Morgan fingerprint density at radius 2 is 1.00 bits per heavy atom. The van der Waals surface area contributed by atoms with Crippen LogP contribution in [0, 0.1) is 5.92 Å². The molecule has 0 spiro atoms. The van der Waals surface area contributed by atoms with Crippen LogP contribution in [0.3, 0.4) is 0 Å². The highest BCUT2D eigenvalue weighted by Gasteiger charge is 2.47. The molecule has 0 aliphatic heterocycles. The van der Waals surface area contributed by atoms with Crippen molar-refractivity contribution in [1.29, 1.82) is 0 Å². The lowest BCUT2D eigenvalue weighted by Gasteiger charge is -2.30. The lowest BCUT2D eigenvalue weighted by atomic mass is 9.25. The van der Waals surface area contributed by atoms with Gasteiger partial charge in [-0.3, -0.25) is 0 Å². The van der Waals surface area contributed by atoms with E-state index in [4.69, 9.17) is 0 Å². The summed E-state index contributed by atoms with van der Waals surface area (Å²) in [6.45, 7) is 0. The summed E-state index contributed by atoms with van der Waals surface area (Å²) in [5.41, 5.74) is 0. The summed E-state index contributed by atoms with van der Waals surface area (Å²) in [5, 5.41) is 0.662. The van der Waals surface area contributed by atoms with Gasteiger partial charge in [0.25, 0.3) is 0 Å². The van der Waals surface area contributed by atoms with Gasteiger partial charge in [-0.25, -0.2) is 0 Å². The first-order valence-electron chi connectivity index (χ1n) is 10.6. The standard InChI is InChI=1S/C20H36B2/c1-2-7-11-15-19(14-10-6-1)21-22-20(16-17-20)18-12-8-4-3-5-9-13-18/h18-19H,1-17H2. The van der Waals surface area contributed by atoms with E-state index in [2.05, 4.69) is 14.3 Å². The van der Waals surface area contributed by atoms with Crippen LogP contribution in [0.1, 0.15) is 109 Å². The van der Waals surface area contributed by atoms with Crippen LogP contribution in [0.25, 0.3) is 0 Å². The molecule has 0 aromatic carbocycles. The molecule has 0 atom stereocenters. The summed E-state index contributed by atoms with van der Waals surface area (Å²) in [6.07, 6.45) is 25.4. The zero-order valence-corrected chi connectivity index (χ0v) is 14.8. The zero-order chi connectivity index (χ0) is 15.1. The van der Waals surface area contributed by atoms with E-state index in [1.54, 1.807) is 0 Å². The molecule has 122 valence electrons. The third-order valence-electron chi connectivity index (χ3n) is 6.85. The van der Waals surface area contributed by atoms with Crippen LogP contribution in [-0.2, 0) is 0 Å². The van der Waals surface area contributed by atoms with E-state index in [0.29, 0.717) is 5.31 Å². The maximum Gasteiger partial charge on any atom is 0.0745 e. The second-order valence-corrected chi connectivity index (χ2v) is 8.59. The molecule has 0 saturated heterocycles. The van der Waals surface area contributed by atoms with E-state index in [9.17, 15) is 0 Å². The third kappa shape index (κ3) is 5.07. The van der Waals surface area contributed by atoms with Gasteiger partial charge in [0.2, 0.25) is 0 Å². The Labute approximate surface area is 141 Å². The molecule has 0 aromatic rings. The van der Waals surface area contributed by atoms with Crippen molar-refractivity contribution in [2.45, 2.75) is 120 Å². The van der Waals surface area contributed by atoms with Gasteiger partial charge in [-0.2, -0.15) is 0 Å². The highest BCUT2D eigenvalue weighted by atomic mass is 14.4. The molecule has 3 saturated carbocycles. The Kier molecular flexibility index (Phi) is 6.81. The number of hydrogen-bond acceptors (Lipinski definition) is 0. The summed E-state index contributed by atoms with van der Waals surface area (Å²) in [6, 6.07) is 0. The van der Waals surface area contributed by atoms with Gasteiger partial charge in [0.1, 0.15) is 0 Å². The fourth-order valence-corrected chi connectivity index (χ4v) is 5.07. The van der Waals surface area contributed by atoms with Gasteiger partial charge in [0.05, 0.1) is 14.3 Å². The Morgan fingerprint density at radius 3 is 1.50 bits per heavy atom. The minimum absolute atomic E-state index is 0.662. The lowest BCUT2D eigenvalue weighted by Crippen LogP contribution is -2.25. The van der Waals surface area contributed by atoms with Crippen molar-refractivity contribution < 1.29 is 0 Å². The Morgan fingerprint density at radius 1 is 0.545 bits per heavy atom. The van der Waals surface area contributed by atoms with E-state index in [-0.39, 0.29) is 0 Å². The lowest BCUT2D eigenvalue weighted by molar-refractivity contribution is 0.351. The molecular weight excluding hydrogens is 262 g/mol. The Balaban J connectivity index is 1.46. The predicted molar refractivity (Wildman–Crippen MR) is 99.9 cm³/mol. The van der Waals surface area contributed by atoms with E-state index in [0.717, 1.165) is 11.7 Å². The van der Waals surface area contributed by atoms with Crippen molar-refractivity contribution in [2.24, 2.45) is 5.92 Å². The molecule has 3 rings (SSSR count). The fraction of sp³-hybridized carbons (Fsp3) is 1.00. The van der Waals surface area contributed by atoms with Crippen molar-refractivity contribution in [3.05, 3.63) is 0 Å². The van der Waals surface area contributed by atoms with Crippen LogP contribution in [0.15, 0.2) is 0 Å². The first kappa shape index (κ1) is 17.0. The average Bonchev–Trinajstić information content (AvgIpc) is 3.24. The minimum Gasteiger partial charge on any atom is -0.0774 e. The van der Waals surface area contributed by atoms with Crippen LogP contribution in [0.5, 0.6) is 0 Å². The molecule has 22 heavy (non-hydrogen) atoms. The summed E-state index contributed by atoms with van der Waals surface area (Å²) in [7, 11) is 5.43. The van der Waals surface area contributed by atoms with E-state index in [1.165, 1.54) is 109 Å². The van der Waals surface area contributed by atoms with Crippen LogP contribution in [0.4, 0.5) is 0 Å². The van der Waals surface area contributed by atoms with Crippen molar-refractivity contribution >= 4 is 14.3 Å². The summed E-state index contributed by atoms with van der Waals surface area (Å²) >= 11 is 0. The molecule has 0 bridgehead atoms. The second-order valence-electron chi connectivity index (χ2n) is 8.59. The van der Waals surface area contributed by atoms with Crippen LogP contribution in [0.2, 0.25) is 11.1 Å². The molecule has 0 heterocycles. The Bertz CT molecular complexity index is 293. The van der Waals surface area contributed by atoms with Gasteiger partial charge in [-0.1, -0.05) is 120 Å². The third-order valence-corrected chi connectivity index (χ3v) is 6.85. The van der Waals surface area contributed by atoms with Crippen LogP contribution in [-0.4, -0.2) is 14.3 Å². The Hall–Kier alpha value is 0.130. The van der Waals surface area contributed by atoms with E-state index >= 15 is 0 Å². The molecule has 2 heteroatoms. The molecule has 3 fully saturated rings. The molecule has 2 radical (unpaired) electrons. The van der Waals surface area contributed by atoms with E-state index < -0.39 is 0 Å². The van der Waals surface area contributed by atoms with Crippen molar-refractivity contribution in [3.63, 3.8) is 0 Å². The molecule has 0 N–H and O–H groups in total. The number of rotatable bonds is 4. The molecule has 0 unspecified atom stereocenters. The SMILES string of the molecule is [B]([B]C1(C2CCCCCCC2)CC1)C1CCCCCCCC1. The largest absolute Gasteiger partial charge is 0.0774 e. The zero-order valence-electron chi connectivity index (χ0n) is 14.8. The fourth-order valence-electron chi connectivity index (χ4n) is 5.07. The maximum absolute atomic E-state index is 2.74. The highest BCUT2D eigenvalue weighted by Crippen LogP contribution is 2.62. The van der Waals surface area contributed by atoms with Crippen LogP contribution >= 0.6 is 0 Å². The van der Waals surface area contributed by atoms with Gasteiger partial charge in [0.15, 0.2) is 0 Å². The topological polar surface area (TPSA) is 0 Å². The van der Waals surface area contributed by atoms with Crippen molar-refractivity contribution in [2.75, 3.05) is 0 Å². The smallest absolute Gasteiger partial charge is 0.0745 e. The summed E-state index contributed by atoms with van der Waals surface area (Å²) in [4.78, 5) is 0. The average molecular weight is 298 g/mol. The molecular formula is C20H36B2. The molecule has 0 aromatic heterocycles. The van der Waals surface area contributed by atoms with Crippen LogP contribution < -0.4 is 0 Å². The second kappa shape index (κ2) is 8.84. The van der Waals surface area contributed by atoms with Crippen molar-refractivity contribution in [3.8, 4) is 0 Å². The normalized spacial score (nSPS) is 28.5. The van der Waals surface area contributed by atoms with Gasteiger partial charge in [-0.15, -0.1) is 0 Å². The van der Waals surface area contributed by atoms with Gasteiger partial charge >= 0.3 is 0 Å². The van der Waals surface area contributed by atoms with Crippen molar-refractivity contribution in [1.82, 2.24) is 0 Å². The minimum atomic E-state index is 0.662. The first-order chi connectivity index (χ1) is 10.9. The predicted octanol–water partition coefficient (Wildman–Crippen LogP) is 6.55. The monoisotopic (exact) mass is 298 g/mol. The molecule has 3 aliphatic rings. The maximum atomic E-state index is 2.74. The van der Waals surface area contributed by atoms with E-state index in [1.807, 2.05) is 0 Å². The molecule has 3 aliphatic carbocycles. The van der Waals surface area contributed by atoms with Gasteiger partial charge in [0, 0.05) is 0 Å². The van der Waals surface area contributed by atoms with Gasteiger partial charge < -0.3 is 0 Å².